The SMILES string of the molecule is COc1ccc(N2C(=O)[C@@H](CC[C@H]3COC(C)(C)O3)[C@H]2N2C(=O)c3ccccc3C2=O)cc1. The van der Waals surface area contributed by atoms with Crippen molar-refractivity contribution in [1.82, 2.24) is 4.90 Å². The van der Waals surface area contributed by atoms with E-state index in [0.29, 0.717) is 42.0 Å². The number of β-lactam (4-membered cyclic amide) rings is 1. The summed E-state index contributed by atoms with van der Waals surface area (Å²) in [5.41, 5.74) is 1.34. The van der Waals surface area contributed by atoms with Gasteiger partial charge in [-0.3, -0.25) is 24.2 Å². The Hall–Kier alpha value is -3.23. The van der Waals surface area contributed by atoms with E-state index in [0.717, 1.165) is 0 Å². The molecule has 2 aromatic rings. The van der Waals surface area contributed by atoms with E-state index in [1.54, 1.807) is 55.6 Å². The summed E-state index contributed by atoms with van der Waals surface area (Å²) in [5.74, 6) is -1.38. The summed E-state index contributed by atoms with van der Waals surface area (Å²) >= 11 is 0. The predicted molar refractivity (Wildman–Crippen MR) is 119 cm³/mol. The van der Waals surface area contributed by atoms with Crippen molar-refractivity contribution in [2.45, 2.75) is 44.7 Å². The van der Waals surface area contributed by atoms with Crippen LogP contribution in [0.4, 0.5) is 5.69 Å². The smallest absolute Gasteiger partial charge is 0.263 e. The van der Waals surface area contributed by atoms with Crippen LogP contribution in [0, 0.1) is 5.92 Å². The zero-order valence-electron chi connectivity index (χ0n) is 18.8. The number of imide groups is 1. The molecule has 2 fully saturated rings. The van der Waals surface area contributed by atoms with Gasteiger partial charge in [0.25, 0.3) is 11.8 Å². The minimum absolute atomic E-state index is 0.125. The van der Waals surface area contributed by atoms with Crippen molar-refractivity contribution >= 4 is 23.4 Å². The number of amides is 3. The number of carbonyl (C=O) groups excluding carboxylic acids is 3. The molecule has 8 heteroatoms. The van der Waals surface area contributed by atoms with Crippen LogP contribution in [0.2, 0.25) is 0 Å². The molecule has 3 heterocycles. The summed E-state index contributed by atoms with van der Waals surface area (Å²) in [5, 5.41) is 0. The molecule has 0 bridgehead atoms. The van der Waals surface area contributed by atoms with Crippen molar-refractivity contribution in [2.24, 2.45) is 5.92 Å². The highest BCUT2D eigenvalue weighted by molar-refractivity contribution is 6.23. The lowest BCUT2D eigenvalue weighted by Crippen LogP contribution is -2.69. The van der Waals surface area contributed by atoms with Gasteiger partial charge in [-0.15, -0.1) is 0 Å². The van der Waals surface area contributed by atoms with Gasteiger partial charge in [-0.2, -0.15) is 0 Å². The first-order valence-corrected chi connectivity index (χ1v) is 11.1. The van der Waals surface area contributed by atoms with Gasteiger partial charge in [0.05, 0.1) is 36.9 Å². The molecule has 5 rings (SSSR count). The van der Waals surface area contributed by atoms with Crippen molar-refractivity contribution in [1.29, 1.82) is 0 Å². The van der Waals surface area contributed by atoms with E-state index in [1.807, 2.05) is 13.8 Å². The average Bonchev–Trinajstić information content (AvgIpc) is 3.28. The molecule has 0 radical (unpaired) electrons. The average molecular weight is 450 g/mol. The summed E-state index contributed by atoms with van der Waals surface area (Å²) in [6.07, 6.45) is 0.239. The number of fused-ring (bicyclic) bond motifs is 1. The van der Waals surface area contributed by atoms with Crippen LogP contribution >= 0.6 is 0 Å². The number of nitrogens with zero attached hydrogens (tertiary/aromatic N) is 2. The predicted octanol–water partition coefficient (Wildman–Crippen LogP) is 3.21. The molecule has 3 atom stereocenters. The Morgan fingerprint density at radius 1 is 0.939 bits per heavy atom. The first kappa shape index (κ1) is 21.6. The number of carbonyl (C=O) groups is 3. The summed E-state index contributed by atoms with van der Waals surface area (Å²) < 4.78 is 16.7. The Morgan fingerprint density at radius 2 is 1.58 bits per heavy atom. The Morgan fingerprint density at radius 3 is 2.12 bits per heavy atom. The molecule has 0 saturated carbocycles. The Labute approximate surface area is 192 Å². The van der Waals surface area contributed by atoms with E-state index < -0.39 is 17.9 Å². The quantitative estimate of drug-likeness (QED) is 0.496. The number of benzene rings is 2. The van der Waals surface area contributed by atoms with Crippen LogP contribution in [0.3, 0.4) is 0 Å². The molecule has 172 valence electrons. The number of hydrogen-bond donors (Lipinski definition) is 0. The van der Waals surface area contributed by atoms with Crippen LogP contribution in [0.25, 0.3) is 0 Å². The molecule has 0 aliphatic carbocycles. The maximum absolute atomic E-state index is 13.3. The molecule has 3 aliphatic rings. The largest absolute Gasteiger partial charge is 0.497 e. The van der Waals surface area contributed by atoms with Crippen molar-refractivity contribution < 1.29 is 28.6 Å². The fraction of sp³-hybridized carbons (Fsp3) is 0.400. The second kappa shape index (κ2) is 7.97. The molecule has 0 unspecified atom stereocenters. The second-order valence-electron chi connectivity index (χ2n) is 8.98. The minimum atomic E-state index is -0.700. The molecule has 3 amide bonds. The van der Waals surface area contributed by atoms with Crippen LogP contribution in [0.5, 0.6) is 5.75 Å². The van der Waals surface area contributed by atoms with E-state index in [9.17, 15) is 14.4 Å². The van der Waals surface area contributed by atoms with Crippen molar-refractivity contribution in [2.75, 3.05) is 18.6 Å². The van der Waals surface area contributed by atoms with Crippen molar-refractivity contribution in [3.05, 3.63) is 59.7 Å². The molecule has 0 aromatic heterocycles. The number of hydrogen-bond acceptors (Lipinski definition) is 6. The molecule has 8 nitrogen and oxygen atoms in total. The summed E-state index contributed by atoms with van der Waals surface area (Å²) in [6.45, 7) is 4.16. The zero-order chi connectivity index (χ0) is 23.3. The maximum atomic E-state index is 13.3. The molecular formula is C25H26N2O6. The van der Waals surface area contributed by atoms with Gasteiger partial charge in [-0.1, -0.05) is 12.1 Å². The van der Waals surface area contributed by atoms with E-state index >= 15 is 0 Å². The topological polar surface area (TPSA) is 85.4 Å². The standard InChI is InChI=1S/C25H26N2O6/c1-25(2)32-14-17(33-25)12-13-20-21(26(24(20)30)15-8-10-16(31-3)11-9-15)27-22(28)18-6-4-5-7-19(18)23(27)29/h4-11,17,20-21H,12-14H2,1-3H3/t17-,20-,21+/m0/s1. The number of ether oxygens (including phenoxy) is 3. The fourth-order valence-corrected chi connectivity index (χ4v) is 4.84. The Bertz CT molecular complexity index is 1080. The Kier molecular flexibility index (Phi) is 5.22. The zero-order valence-corrected chi connectivity index (χ0v) is 18.8. The molecule has 3 aliphatic heterocycles. The lowest BCUT2D eigenvalue weighted by atomic mass is 9.86. The normalized spacial score (nSPS) is 25.9. The molecule has 0 spiro atoms. The molecule has 0 N–H and O–H groups in total. The van der Waals surface area contributed by atoms with E-state index in [1.165, 1.54) is 9.80 Å². The highest BCUT2D eigenvalue weighted by atomic mass is 16.7. The summed E-state index contributed by atoms with van der Waals surface area (Å²) in [4.78, 5) is 42.5. The summed E-state index contributed by atoms with van der Waals surface area (Å²) in [7, 11) is 1.57. The highest BCUT2D eigenvalue weighted by Crippen LogP contribution is 2.41. The minimum Gasteiger partial charge on any atom is -0.497 e. The van der Waals surface area contributed by atoms with Gasteiger partial charge >= 0.3 is 0 Å². The first-order valence-electron chi connectivity index (χ1n) is 11.1. The second-order valence-corrected chi connectivity index (χ2v) is 8.98. The Balaban J connectivity index is 1.43. The van der Waals surface area contributed by atoms with Gasteiger partial charge in [0.1, 0.15) is 11.9 Å². The number of anilines is 1. The number of rotatable bonds is 6. The molecule has 33 heavy (non-hydrogen) atoms. The van der Waals surface area contributed by atoms with Gasteiger partial charge < -0.3 is 14.2 Å². The highest BCUT2D eigenvalue weighted by Gasteiger charge is 2.56. The van der Waals surface area contributed by atoms with Crippen LogP contribution in [0.1, 0.15) is 47.4 Å². The number of methoxy groups -OCH3 is 1. The maximum Gasteiger partial charge on any atom is 0.263 e. The van der Waals surface area contributed by atoms with Gasteiger partial charge in [-0.05, 0) is 63.1 Å². The van der Waals surface area contributed by atoms with Crippen LogP contribution < -0.4 is 9.64 Å². The van der Waals surface area contributed by atoms with Crippen molar-refractivity contribution in [3.8, 4) is 5.75 Å². The summed E-state index contributed by atoms with van der Waals surface area (Å²) in [6, 6.07) is 13.8. The monoisotopic (exact) mass is 450 g/mol. The van der Waals surface area contributed by atoms with Gasteiger partial charge in [0.2, 0.25) is 5.91 Å². The molecule has 2 aromatic carbocycles. The third-order valence-electron chi connectivity index (χ3n) is 6.49. The van der Waals surface area contributed by atoms with E-state index in [-0.39, 0.29) is 23.8 Å². The first-order chi connectivity index (χ1) is 15.8. The van der Waals surface area contributed by atoms with Gasteiger partial charge in [-0.25, -0.2) is 0 Å². The van der Waals surface area contributed by atoms with Crippen LogP contribution in [-0.2, 0) is 14.3 Å². The van der Waals surface area contributed by atoms with Crippen LogP contribution in [-0.4, -0.2) is 54.4 Å². The van der Waals surface area contributed by atoms with E-state index in [2.05, 4.69) is 0 Å². The van der Waals surface area contributed by atoms with Crippen LogP contribution in [0.15, 0.2) is 48.5 Å². The lowest BCUT2D eigenvalue weighted by Gasteiger charge is -2.50. The van der Waals surface area contributed by atoms with Gasteiger partial charge in [0.15, 0.2) is 5.79 Å². The third kappa shape index (κ3) is 3.59. The van der Waals surface area contributed by atoms with Gasteiger partial charge in [0, 0.05) is 5.69 Å². The fourth-order valence-electron chi connectivity index (χ4n) is 4.84. The van der Waals surface area contributed by atoms with E-state index in [4.69, 9.17) is 14.2 Å². The third-order valence-corrected chi connectivity index (χ3v) is 6.49. The van der Waals surface area contributed by atoms with Crippen molar-refractivity contribution in [3.63, 3.8) is 0 Å². The molecule has 2 saturated heterocycles. The lowest BCUT2D eigenvalue weighted by molar-refractivity contribution is -0.141. The molecular weight excluding hydrogens is 424 g/mol.